The minimum Gasteiger partial charge on any atom is -0.388 e. The van der Waals surface area contributed by atoms with Crippen molar-refractivity contribution in [2.75, 3.05) is 0 Å². The van der Waals surface area contributed by atoms with Crippen LogP contribution in [0.1, 0.15) is 51.6 Å². The average Bonchev–Trinajstić information content (AvgIpc) is 2.44. The maximum Gasteiger partial charge on any atom is 0.243 e. The molecule has 118 valence electrons. The third-order valence-electron chi connectivity index (χ3n) is 3.16. The zero-order valence-electron chi connectivity index (χ0n) is 12.5. The van der Waals surface area contributed by atoms with Gasteiger partial charge in [0.1, 0.15) is 15.6 Å². The van der Waals surface area contributed by atoms with E-state index in [1.807, 2.05) is 6.92 Å². The van der Waals surface area contributed by atoms with E-state index in [-0.39, 0.29) is 21.6 Å². The molecule has 0 saturated heterocycles. The zero-order chi connectivity index (χ0) is 15.9. The number of sulfonamides is 1. The molecule has 0 amide bonds. The Kier molecular flexibility index (Phi) is 7.21. The highest BCUT2D eigenvalue weighted by molar-refractivity contribution is 7.89. The van der Waals surface area contributed by atoms with Gasteiger partial charge in [0, 0.05) is 12.2 Å². The molecule has 7 heteroatoms. The summed E-state index contributed by atoms with van der Waals surface area (Å²) >= 11 is 4.88. The van der Waals surface area contributed by atoms with Crippen molar-refractivity contribution >= 4 is 27.2 Å². The molecular formula is C14H23N3O2S2. The fourth-order valence-corrected chi connectivity index (χ4v) is 3.84. The number of hydrogen-bond acceptors (Lipinski definition) is 4. The summed E-state index contributed by atoms with van der Waals surface area (Å²) in [6, 6.07) is 2.98. The number of rotatable bonds is 9. The summed E-state index contributed by atoms with van der Waals surface area (Å²) in [7, 11) is -3.67. The lowest BCUT2D eigenvalue weighted by atomic mass is 10.1. The standard InChI is InChI=1S/C14H23N3O2S2/c1-3-5-8-11(7-4-2)17-21(18,19)12-9-6-10-16-13(12)14(15)20/h6,9-11,17H,3-5,7-8H2,1-2H3,(H2,15,20). The van der Waals surface area contributed by atoms with Crippen molar-refractivity contribution in [1.82, 2.24) is 9.71 Å². The van der Waals surface area contributed by atoms with Gasteiger partial charge in [0.05, 0.1) is 0 Å². The normalized spacial score (nSPS) is 13.0. The van der Waals surface area contributed by atoms with E-state index >= 15 is 0 Å². The molecule has 0 saturated carbocycles. The van der Waals surface area contributed by atoms with Gasteiger partial charge in [-0.25, -0.2) is 13.1 Å². The van der Waals surface area contributed by atoms with E-state index in [0.717, 1.165) is 32.1 Å². The van der Waals surface area contributed by atoms with E-state index in [1.54, 1.807) is 6.07 Å². The largest absolute Gasteiger partial charge is 0.388 e. The van der Waals surface area contributed by atoms with Gasteiger partial charge >= 0.3 is 0 Å². The van der Waals surface area contributed by atoms with Gasteiger partial charge in [0.25, 0.3) is 0 Å². The molecule has 5 nitrogen and oxygen atoms in total. The number of hydrogen-bond donors (Lipinski definition) is 2. The van der Waals surface area contributed by atoms with Crippen LogP contribution in [-0.2, 0) is 10.0 Å². The second-order valence-corrected chi connectivity index (χ2v) is 7.09. The van der Waals surface area contributed by atoms with E-state index in [9.17, 15) is 8.42 Å². The quantitative estimate of drug-likeness (QED) is 0.679. The highest BCUT2D eigenvalue weighted by Crippen LogP contribution is 2.16. The first kappa shape index (κ1) is 18.0. The summed E-state index contributed by atoms with van der Waals surface area (Å²) in [6.45, 7) is 4.13. The van der Waals surface area contributed by atoms with Crippen molar-refractivity contribution in [3.05, 3.63) is 24.0 Å². The van der Waals surface area contributed by atoms with Gasteiger partial charge in [-0.1, -0.05) is 45.3 Å². The molecule has 1 rings (SSSR count). The van der Waals surface area contributed by atoms with Gasteiger partial charge in [0.15, 0.2) is 0 Å². The number of unbranched alkanes of at least 4 members (excludes halogenated alkanes) is 1. The first-order valence-electron chi connectivity index (χ1n) is 7.19. The lowest BCUT2D eigenvalue weighted by molar-refractivity contribution is 0.483. The van der Waals surface area contributed by atoms with E-state index in [0.29, 0.717) is 0 Å². The van der Waals surface area contributed by atoms with Crippen LogP contribution >= 0.6 is 12.2 Å². The summed E-state index contributed by atoms with van der Waals surface area (Å²) < 4.78 is 27.8. The molecule has 3 N–H and O–H groups in total. The zero-order valence-corrected chi connectivity index (χ0v) is 14.1. The van der Waals surface area contributed by atoms with Gasteiger partial charge < -0.3 is 5.73 Å². The molecule has 0 spiro atoms. The summed E-state index contributed by atoms with van der Waals surface area (Å²) in [6.07, 6.45) is 6.06. The van der Waals surface area contributed by atoms with Crippen LogP contribution in [0.4, 0.5) is 0 Å². The van der Waals surface area contributed by atoms with Gasteiger partial charge in [-0.2, -0.15) is 0 Å². The Morgan fingerprint density at radius 2 is 2.10 bits per heavy atom. The Morgan fingerprint density at radius 1 is 1.38 bits per heavy atom. The topological polar surface area (TPSA) is 85.1 Å². The van der Waals surface area contributed by atoms with Crippen molar-refractivity contribution in [3.8, 4) is 0 Å². The number of thiocarbonyl (C=S) groups is 1. The molecule has 0 aliphatic carbocycles. The predicted molar refractivity (Wildman–Crippen MR) is 88.7 cm³/mol. The van der Waals surface area contributed by atoms with Crippen molar-refractivity contribution in [3.63, 3.8) is 0 Å². The lowest BCUT2D eigenvalue weighted by Crippen LogP contribution is -2.36. The number of nitrogens with zero attached hydrogens (tertiary/aromatic N) is 1. The molecule has 0 fully saturated rings. The Morgan fingerprint density at radius 3 is 2.67 bits per heavy atom. The molecule has 1 aromatic heterocycles. The third-order valence-corrected chi connectivity index (χ3v) is 4.90. The summed E-state index contributed by atoms with van der Waals surface area (Å²) in [4.78, 5) is 4.01. The van der Waals surface area contributed by atoms with Gasteiger partial charge in [-0.3, -0.25) is 4.98 Å². The molecule has 21 heavy (non-hydrogen) atoms. The van der Waals surface area contributed by atoms with Crippen LogP contribution in [0.2, 0.25) is 0 Å². The predicted octanol–water partition coefficient (Wildman–Crippen LogP) is 2.35. The van der Waals surface area contributed by atoms with Crippen LogP contribution in [0.5, 0.6) is 0 Å². The Balaban J connectivity index is 3.01. The highest BCUT2D eigenvalue weighted by Gasteiger charge is 2.23. The molecule has 1 heterocycles. The van der Waals surface area contributed by atoms with Crippen molar-refractivity contribution < 1.29 is 8.42 Å². The van der Waals surface area contributed by atoms with Crippen molar-refractivity contribution in [2.24, 2.45) is 5.73 Å². The Bertz CT molecular complexity index is 573. The molecule has 0 aliphatic rings. The summed E-state index contributed by atoms with van der Waals surface area (Å²) in [5.74, 6) is 0. The molecule has 1 aromatic rings. The van der Waals surface area contributed by atoms with Crippen LogP contribution in [0.25, 0.3) is 0 Å². The number of aromatic nitrogens is 1. The second-order valence-electron chi connectivity index (χ2n) is 4.96. The van der Waals surface area contributed by atoms with E-state index in [2.05, 4.69) is 16.6 Å². The minimum absolute atomic E-state index is 0.0171. The van der Waals surface area contributed by atoms with E-state index < -0.39 is 10.0 Å². The lowest BCUT2D eigenvalue weighted by Gasteiger charge is -2.18. The summed E-state index contributed by atoms with van der Waals surface area (Å²) in [5, 5.41) is 0. The van der Waals surface area contributed by atoms with Gasteiger partial charge in [-0.15, -0.1) is 0 Å². The Labute approximate surface area is 132 Å². The van der Waals surface area contributed by atoms with Crippen LogP contribution in [-0.4, -0.2) is 24.4 Å². The number of nitrogens with two attached hydrogens (primary N) is 1. The van der Waals surface area contributed by atoms with Crippen molar-refractivity contribution in [1.29, 1.82) is 0 Å². The fourth-order valence-electron chi connectivity index (χ4n) is 2.14. The van der Waals surface area contributed by atoms with Crippen molar-refractivity contribution in [2.45, 2.75) is 56.9 Å². The van der Waals surface area contributed by atoms with Gasteiger partial charge in [0.2, 0.25) is 10.0 Å². The van der Waals surface area contributed by atoms with Crippen LogP contribution in [0.15, 0.2) is 23.2 Å². The van der Waals surface area contributed by atoms with E-state index in [4.69, 9.17) is 18.0 Å². The maximum absolute atomic E-state index is 12.5. The minimum atomic E-state index is -3.67. The number of nitrogens with one attached hydrogen (secondary N) is 1. The maximum atomic E-state index is 12.5. The third kappa shape index (κ3) is 5.33. The first-order valence-corrected chi connectivity index (χ1v) is 9.08. The van der Waals surface area contributed by atoms with Crippen LogP contribution in [0.3, 0.4) is 0 Å². The molecule has 0 radical (unpaired) electrons. The number of pyridine rings is 1. The molecule has 1 unspecified atom stereocenters. The highest BCUT2D eigenvalue weighted by atomic mass is 32.2. The molecule has 0 aliphatic heterocycles. The first-order chi connectivity index (χ1) is 9.92. The SMILES string of the molecule is CCCCC(CCC)NS(=O)(=O)c1cccnc1C(N)=S. The molecular weight excluding hydrogens is 306 g/mol. The molecule has 0 bridgehead atoms. The van der Waals surface area contributed by atoms with Crippen LogP contribution < -0.4 is 10.5 Å². The average molecular weight is 329 g/mol. The smallest absolute Gasteiger partial charge is 0.243 e. The van der Waals surface area contributed by atoms with Gasteiger partial charge in [-0.05, 0) is 25.0 Å². The fraction of sp³-hybridized carbons (Fsp3) is 0.571. The second kappa shape index (κ2) is 8.41. The summed E-state index contributed by atoms with van der Waals surface area (Å²) in [5.41, 5.74) is 5.70. The monoisotopic (exact) mass is 329 g/mol. The Hall–Kier alpha value is -1.05. The molecule has 1 atom stereocenters. The van der Waals surface area contributed by atoms with E-state index in [1.165, 1.54) is 12.3 Å². The molecule has 0 aromatic carbocycles. The van der Waals surface area contributed by atoms with Crippen LogP contribution in [0, 0.1) is 0 Å².